The lowest BCUT2D eigenvalue weighted by Gasteiger charge is -2.37. The number of aryl methyl sites for hydroxylation is 1. The maximum absolute atomic E-state index is 12.3. The second-order valence-electron chi connectivity index (χ2n) is 5.95. The lowest BCUT2D eigenvalue weighted by Crippen LogP contribution is -2.51. The average molecular weight is 314 g/mol. The smallest absolute Gasteiger partial charge is 0.251 e. The van der Waals surface area contributed by atoms with Crippen molar-refractivity contribution in [3.8, 4) is 0 Å². The Bertz CT molecular complexity index is 648. The number of rotatable bonds is 4. The molecule has 2 N–H and O–H groups in total. The van der Waals surface area contributed by atoms with Crippen molar-refractivity contribution >= 4 is 11.6 Å². The fraction of sp³-hybridized carbons (Fsp3) is 0.412. The molecule has 1 atom stereocenters. The summed E-state index contributed by atoms with van der Waals surface area (Å²) < 4.78 is 0. The molecule has 2 heterocycles. The van der Waals surface area contributed by atoms with Gasteiger partial charge in [-0.1, -0.05) is 12.1 Å². The number of imidazole rings is 1. The van der Waals surface area contributed by atoms with Gasteiger partial charge in [-0.15, -0.1) is 0 Å². The number of amides is 1. The monoisotopic (exact) mass is 314 g/mol. The van der Waals surface area contributed by atoms with Crippen LogP contribution in [0.15, 0.2) is 36.8 Å². The number of H-pyrrole nitrogens is 1. The maximum atomic E-state index is 12.3. The first kappa shape index (κ1) is 15.6. The largest absolute Gasteiger partial charge is 0.383 e. The van der Waals surface area contributed by atoms with Crippen molar-refractivity contribution in [3.63, 3.8) is 0 Å². The van der Waals surface area contributed by atoms with Gasteiger partial charge >= 0.3 is 0 Å². The van der Waals surface area contributed by atoms with Gasteiger partial charge in [0.15, 0.2) is 0 Å². The summed E-state index contributed by atoms with van der Waals surface area (Å²) in [6.45, 7) is 4.91. The molecule has 0 radical (unpaired) electrons. The van der Waals surface area contributed by atoms with Gasteiger partial charge in [0.25, 0.3) is 5.91 Å². The minimum atomic E-state index is -1.01. The number of anilines is 1. The Morgan fingerprint density at radius 2 is 2.13 bits per heavy atom. The predicted octanol–water partition coefficient (Wildman–Crippen LogP) is 0.970. The topological polar surface area (TPSA) is 72.5 Å². The molecule has 1 aliphatic rings. The zero-order valence-corrected chi connectivity index (χ0v) is 13.3. The van der Waals surface area contributed by atoms with E-state index in [0.29, 0.717) is 13.1 Å². The SMILES string of the molecule is Cc1cccc(N2CCN(C(=O)[C@H](O)Cc3cnc[nH]3)CC2)c1. The fourth-order valence-electron chi connectivity index (χ4n) is 2.91. The molecular weight excluding hydrogens is 292 g/mol. The van der Waals surface area contributed by atoms with Crippen LogP contribution in [0.3, 0.4) is 0 Å². The third-order valence-corrected chi connectivity index (χ3v) is 4.21. The number of benzene rings is 1. The summed E-state index contributed by atoms with van der Waals surface area (Å²) in [5.74, 6) is -0.205. The van der Waals surface area contributed by atoms with E-state index in [0.717, 1.165) is 18.8 Å². The Labute approximate surface area is 135 Å². The van der Waals surface area contributed by atoms with Crippen molar-refractivity contribution in [1.82, 2.24) is 14.9 Å². The van der Waals surface area contributed by atoms with Crippen molar-refractivity contribution in [2.45, 2.75) is 19.4 Å². The number of aliphatic hydroxyl groups excluding tert-OH is 1. The van der Waals surface area contributed by atoms with Gasteiger partial charge in [0.1, 0.15) is 6.10 Å². The number of carbonyl (C=O) groups excluding carboxylic acids is 1. The van der Waals surface area contributed by atoms with Crippen molar-refractivity contribution in [3.05, 3.63) is 48.0 Å². The molecule has 1 saturated heterocycles. The summed E-state index contributed by atoms with van der Waals surface area (Å²) in [7, 11) is 0. The minimum Gasteiger partial charge on any atom is -0.383 e. The maximum Gasteiger partial charge on any atom is 0.251 e. The van der Waals surface area contributed by atoms with Crippen molar-refractivity contribution < 1.29 is 9.90 Å². The van der Waals surface area contributed by atoms with E-state index in [1.165, 1.54) is 11.3 Å². The minimum absolute atomic E-state index is 0.205. The first-order valence-corrected chi connectivity index (χ1v) is 7.89. The van der Waals surface area contributed by atoms with Crippen LogP contribution in [-0.2, 0) is 11.2 Å². The van der Waals surface area contributed by atoms with E-state index in [1.54, 1.807) is 17.4 Å². The number of aromatic nitrogens is 2. The van der Waals surface area contributed by atoms with Crippen molar-refractivity contribution in [1.29, 1.82) is 0 Å². The Kier molecular flexibility index (Phi) is 4.62. The second kappa shape index (κ2) is 6.83. The molecule has 6 nitrogen and oxygen atoms in total. The first-order valence-electron chi connectivity index (χ1n) is 7.89. The van der Waals surface area contributed by atoms with Crippen LogP contribution in [0.5, 0.6) is 0 Å². The molecule has 0 bridgehead atoms. The van der Waals surface area contributed by atoms with E-state index >= 15 is 0 Å². The normalized spacial score (nSPS) is 16.4. The van der Waals surface area contributed by atoms with Gasteiger partial charge in [-0.2, -0.15) is 0 Å². The molecule has 2 aromatic rings. The molecule has 3 rings (SSSR count). The van der Waals surface area contributed by atoms with Crippen molar-refractivity contribution in [2.24, 2.45) is 0 Å². The van der Waals surface area contributed by atoms with Gasteiger partial charge in [0, 0.05) is 50.2 Å². The number of nitrogens with zero attached hydrogens (tertiary/aromatic N) is 3. The van der Waals surface area contributed by atoms with Gasteiger partial charge in [-0.25, -0.2) is 4.98 Å². The molecule has 0 spiro atoms. The standard InChI is InChI=1S/C17H22N4O2/c1-13-3-2-4-15(9-13)20-5-7-21(8-6-20)17(23)16(22)10-14-11-18-12-19-14/h2-4,9,11-12,16,22H,5-8,10H2,1H3,(H,18,19)/t16-/m1/s1. The average Bonchev–Trinajstić information content (AvgIpc) is 3.07. The highest BCUT2D eigenvalue weighted by atomic mass is 16.3. The van der Waals surface area contributed by atoms with Crippen LogP contribution in [0.2, 0.25) is 0 Å². The molecule has 0 aliphatic carbocycles. The first-order chi connectivity index (χ1) is 11.1. The van der Waals surface area contributed by atoms with E-state index in [9.17, 15) is 9.90 Å². The highest BCUT2D eigenvalue weighted by Crippen LogP contribution is 2.18. The lowest BCUT2D eigenvalue weighted by atomic mass is 10.1. The molecule has 23 heavy (non-hydrogen) atoms. The van der Waals surface area contributed by atoms with Crippen LogP contribution in [0.4, 0.5) is 5.69 Å². The number of piperazine rings is 1. The summed E-state index contributed by atoms with van der Waals surface area (Å²) >= 11 is 0. The van der Waals surface area contributed by atoms with Crippen LogP contribution in [0, 0.1) is 6.92 Å². The molecule has 1 aliphatic heterocycles. The van der Waals surface area contributed by atoms with Crippen LogP contribution < -0.4 is 4.90 Å². The summed E-state index contributed by atoms with van der Waals surface area (Å²) in [6, 6.07) is 8.38. The molecule has 1 aromatic heterocycles. The van der Waals surface area contributed by atoms with E-state index in [4.69, 9.17) is 0 Å². The van der Waals surface area contributed by atoms with Crippen LogP contribution in [0.25, 0.3) is 0 Å². The highest BCUT2D eigenvalue weighted by molar-refractivity contribution is 5.81. The van der Waals surface area contributed by atoms with Crippen molar-refractivity contribution in [2.75, 3.05) is 31.1 Å². The van der Waals surface area contributed by atoms with E-state index in [1.807, 2.05) is 0 Å². The zero-order valence-electron chi connectivity index (χ0n) is 13.3. The molecule has 0 saturated carbocycles. The Morgan fingerprint density at radius 3 is 2.78 bits per heavy atom. The molecular formula is C17H22N4O2. The lowest BCUT2D eigenvalue weighted by molar-refractivity contribution is -0.140. The quantitative estimate of drug-likeness (QED) is 0.882. The highest BCUT2D eigenvalue weighted by Gasteiger charge is 2.26. The van der Waals surface area contributed by atoms with E-state index in [2.05, 4.69) is 46.1 Å². The molecule has 1 amide bonds. The van der Waals surface area contributed by atoms with Gasteiger partial charge in [-0.05, 0) is 24.6 Å². The third kappa shape index (κ3) is 3.71. The zero-order chi connectivity index (χ0) is 16.2. The Balaban J connectivity index is 1.55. The molecule has 122 valence electrons. The second-order valence-corrected chi connectivity index (χ2v) is 5.95. The molecule has 6 heteroatoms. The van der Waals surface area contributed by atoms with Gasteiger partial charge in [0.2, 0.25) is 0 Å². The summed E-state index contributed by atoms with van der Waals surface area (Å²) in [6.07, 6.45) is 2.44. The van der Waals surface area contributed by atoms with Gasteiger partial charge < -0.3 is 19.9 Å². The summed E-state index contributed by atoms with van der Waals surface area (Å²) in [5, 5.41) is 10.1. The van der Waals surface area contributed by atoms with Crippen LogP contribution in [0.1, 0.15) is 11.3 Å². The summed E-state index contributed by atoms with van der Waals surface area (Å²) in [5.41, 5.74) is 3.19. The number of aliphatic hydroxyl groups is 1. The molecule has 1 fully saturated rings. The number of aromatic amines is 1. The predicted molar refractivity (Wildman–Crippen MR) is 88.3 cm³/mol. The summed E-state index contributed by atoms with van der Waals surface area (Å²) in [4.78, 5) is 23.2. The van der Waals surface area contributed by atoms with Crippen LogP contribution in [-0.4, -0.2) is 58.2 Å². The molecule has 0 unspecified atom stereocenters. The number of carbonyl (C=O) groups is 1. The number of hydrogen-bond donors (Lipinski definition) is 2. The number of hydrogen-bond acceptors (Lipinski definition) is 4. The Hall–Kier alpha value is -2.34. The Morgan fingerprint density at radius 1 is 1.35 bits per heavy atom. The van der Waals surface area contributed by atoms with Crippen LogP contribution >= 0.6 is 0 Å². The third-order valence-electron chi connectivity index (χ3n) is 4.21. The molecule has 1 aromatic carbocycles. The van der Waals surface area contributed by atoms with Gasteiger partial charge in [-0.3, -0.25) is 4.79 Å². The number of nitrogens with one attached hydrogen (secondary N) is 1. The van der Waals surface area contributed by atoms with E-state index in [-0.39, 0.29) is 12.3 Å². The van der Waals surface area contributed by atoms with Gasteiger partial charge in [0.05, 0.1) is 6.33 Å². The van der Waals surface area contributed by atoms with E-state index < -0.39 is 6.10 Å². The fourth-order valence-corrected chi connectivity index (χ4v) is 2.91.